The van der Waals surface area contributed by atoms with Crippen molar-refractivity contribution in [1.82, 2.24) is 10.3 Å². The second kappa shape index (κ2) is 13.0. The van der Waals surface area contributed by atoms with Crippen LogP contribution in [0.4, 0.5) is 21.5 Å². The predicted molar refractivity (Wildman–Crippen MR) is 149 cm³/mol. The first-order valence-electron chi connectivity index (χ1n) is 12.1. The van der Waals surface area contributed by atoms with Crippen molar-refractivity contribution in [3.05, 3.63) is 65.1 Å². The Morgan fingerprint density at radius 2 is 2.00 bits per heavy atom. The Hall–Kier alpha value is -4.20. The van der Waals surface area contributed by atoms with Gasteiger partial charge in [-0.25, -0.2) is 4.39 Å². The highest BCUT2D eigenvalue weighted by atomic mass is 35.5. The first-order chi connectivity index (χ1) is 18.5. The number of benzene rings is 2. The van der Waals surface area contributed by atoms with Gasteiger partial charge in [0.05, 0.1) is 40.6 Å². The standard InChI is InChI=1S/C28H29ClFN5O4/c1-5-38-24-13-22-19(27(17(14-31)15-33-22)34-18-8-9-21(30)20(29)11-18)12-23(24)35-25(36)7-6-10-32-16-26(37)39-28(2,3)4/h6-9,11-13,15,32H,5,10,16H2,1-4H3,(H,33,34)(H,35,36). The van der Waals surface area contributed by atoms with Crippen LogP contribution in [0.5, 0.6) is 5.75 Å². The number of nitriles is 1. The van der Waals surface area contributed by atoms with Gasteiger partial charge in [0.25, 0.3) is 0 Å². The minimum Gasteiger partial charge on any atom is -0.492 e. The number of carbonyl (C=O) groups is 2. The molecule has 0 spiro atoms. The molecule has 3 N–H and O–H groups in total. The maximum Gasteiger partial charge on any atom is 0.320 e. The van der Waals surface area contributed by atoms with Crippen LogP contribution in [-0.4, -0.2) is 42.2 Å². The largest absolute Gasteiger partial charge is 0.492 e. The number of fused-ring (bicyclic) bond motifs is 1. The molecule has 1 heterocycles. The van der Waals surface area contributed by atoms with Crippen molar-refractivity contribution in [3.63, 3.8) is 0 Å². The Bertz CT molecular complexity index is 1450. The van der Waals surface area contributed by atoms with Crippen molar-refractivity contribution in [2.24, 2.45) is 0 Å². The summed E-state index contributed by atoms with van der Waals surface area (Å²) >= 11 is 5.92. The molecule has 39 heavy (non-hydrogen) atoms. The van der Waals surface area contributed by atoms with Crippen LogP contribution in [0.15, 0.2) is 48.7 Å². The lowest BCUT2D eigenvalue weighted by atomic mass is 10.1. The maximum atomic E-state index is 13.6. The Balaban J connectivity index is 1.83. The lowest BCUT2D eigenvalue weighted by Crippen LogP contribution is -2.31. The lowest BCUT2D eigenvalue weighted by Gasteiger charge is -2.19. The molecule has 0 saturated carbocycles. The zero-order valence-corrected chi connectivity index (χ0v) is 22.8. The van der Waals surface area contributed by atoms with Crippen molar-refractivity contribution < 1.29 is 23.5 Å². The van der Waals surface area contributed by atoms with Gasteiger partial charge in [-0.1, -0.05) is 17.7 Å². The molecule has 0 atom stereocenters. The molecule has 2 aromatic carbocycles. The minimum atomic E-state index is -0.572. The number of carbonyl (C=O) groups excluding carboxylic acids is 2. The number of ether oxygens (including phenoxy) is 2. The normalized spacial score (nSPS) is 11.3. The smallest absolute Gasteiger partial charge is 0.320 e. The van der Waals surface area contributed by atoms with E-state index in [0.717, 1.165) is 0 Å². The first kappa shape index (κ1) is 29.4. The number of nitrogens with one attached hydrogen (secondary N) is 3. The number of anilines is 3. The minimum absolute atomic E-state index is 0.00562. The highest BCUT2D eigenvalue weighted by Crippen LogP contribution is 2.36. The molecule has 204 valence electrons. The highest BCUT2D eigenvalue weighted by Gasteiger charge is 2.17. The van der Waals surface area contributed by atoms with E-state index in [1.165, 1.54) is 30.5 Å². The number of hydrogen-bond donors (Lipinski definition) is 3. The number of amides is 1. The fourth-order valence-electron chi connectivity index (χ4n) is 3.51. The highest BCUT2D eigenvalue weighted by molar-refractivity contribution is 6.31. The zero-order chi connectivity index (χ0) is 28.6. The SMILES string of the molecule is CCOc1cc2ncc(C#N)c(Nc3ccc(F)c(Cl)c3)c2cc1NC(=O)C=CCNCC(=O)OC(C)(C)C. The summed E-state index contributed by atoms with van der Waals surface area (Å²) < 4.78 is 24.6. The number of pyridine rings is 1. The van der Waals surface area contributed by atoms with Gasteiger partial charge in [-0.2, -0.15) is 5.26 Å². The van der Waals surface area contributed by atoms with Gasteiger partial charge in [0.2, 0.25) is 5.91 Å². The molecule has 3 aromatic rings. The van der Waals surface area contributed by atoms with Gasteiger partial charge in [-0.15, -0.1) is 0 Å². The van der Waals surface area contributed by atoms with Crippen LogP contribution in [0.1, 0.15) is 33.3 Å². The maximum absolute atomic E-state index is 13.6. The summed E-state index contributed by atoms with van der Waals surface area (Å²) in [5, 5.41) is 18.9. The summed E-state index contributed by atoms with van der Waals surface area (Å²) in [6.45, 7) is 7.78. The lowest BCUT2D eigenvalue weighted by molar-refractivity contribution is -0.153. The predicted octanol–water partition coefficient (Wildman–Crippen LogP) is 5.47. The average Bonchev–Trinajstić information content (AvgIpc) is 2.86. The van der Waals surface area contributed by atoms with Crippen LogP contribution in [0.25, 0.3) is 10.9 Å². The Morgan fingerprint density at radius 1 is 1.23 bits per heavy atom. The van der Waals surface area contributed by atoms with Crippen molar-refractivity contribution in [3.8, 4) is 11.8 Å². The van der Waals surface area contributed by atoms with E-state index in [2.05, 4.69) is 27.0 Å². The van der Waals surface area contributed by atoms with Crippen LogP contribution < -0.4 is 20.7 Å². The number of hydrogen-bond acceptors (Lipinski definition) is 8. The number of halogens is 2. The van der Waals surface area contributed by atoms with Gasteiger partial charge in [0, 0.05) is 36.0 Å². The topological polar surface area (TPSA) is 125 Å². The second-order valence-corrected chi connectivity index (χ2v) is 9.73. The molecular weight excluding hydrogens is 525 g/mol. The fourth-order valence-corrected chi connectivity index (χ4v) is 3.69. The van der Waals surface area contributed by atoms with Crippen molar-refractivity contribution in [1.29, 1.82) is 5.26 Å². The number of esters is 1. The van der Waals surface area contributed by atoms with E-state index >= 15 is 0 Å². The average molecular weight is 554 g/mol. The Morgan fingerprint density at radius 3 is 2.67 bits per heavy atom. The molecule has 0 fully saturated rings. The Labute approximate surface area is 231 Å². The zero-order valence-electron chi connectivity index (χ0n) is 22.0. The van der Waals surface area contributed by atoms with Gasteiger partial charge in [-0.3, -0.25) is 14.6 Å². The first-order valence-corrected chi connectivity index (χ1v) is 12.5. The molecule has 11 heteroatoms. The van der Waals surface area contributed by atoms with Gasteiger partial charge in [-0.05, 0) is 52.0 Å². The quantitative estimate of drug-likeness (QED) is 0.171. The van der Waals surface area contributed by atoms with Crippen molar-refractivity contribution in [2.75, 3.05) is 30.3 Å². The van der Waals surface area contributed by atoms with Crippen molar-refractivity contribution in [2.45, 2.75) is 33.3 Å². The number of rotatable bonds is 10. The number of aromatic nitrogens is 1. The fraction of sp³-hybridized carbons (Fsp3) is 0.286. The van der Waals surface area contributed by atoms with Crippen LogP contribution in [0, 0.1) is 17.1 Å². The third-order valence-electron chi connectivity index (χ3n) is 5.06. The summed E-state index contributed by atoms with van der Waals surface area (Å²) in [4.78, 5) is 28.8. The number of nitrogens with zero attached hydrogens (tertiary/aromatic N) is 2. The summed E-state index contributed by atoms with van der Waals surface area (Å²) in [5.74, 6) is -1.00. The van der Waals surface area contributed by atoms with Crippen LogP contribution >= 0.6 is 11.6 Å². The molecule has 0 aliphatic heterocycles. The molecule has 9 nitrogen and oxygen atoms in total. The summed E-state index contributed by atoms with van der Waals surface area (Å²) in [7, 11) is 0. The second-order valence-electron chi connectivity index (χ2n) is 9.32. The molecule has 0 radical (unpaired) electrons. The molecule has 0 bridgehead atoms. The van der Waals surface area contributed by atoms with E-state index < -0.39 is 23.3 Å². The van der Waals surface area contributed by atoms with E-state index in [9.17, 15) is 19.2 Å². The van der Waals surface area contributed by atoms with E-state index in [0.29, 0.717) is 40.3 Å². The molecule has 0 unspecified atom stereocenters. The molecule has 0 aliphatic carbocycles. The molecule has 1 amide bonds. The monoisotopic (exact) mass is 553 g/mol. The van der Waals surface area contributed by atoms with E-state index in [4.69, 9.17) is 21.1 Å². The summed E-state index contributed by atoms with van der Waals surface area (Å²) in [6, 6.07) is 9.51. The van der Waals surface area contributed by atoms with Gasteiger partial charge in [0.15, 0.2) is 0 Å². The summed E-state index contributed by atoms with van der Waals surface area (Å²) in [6.07, 6.45) is 4.31. The molecular formula is C28H29ClFN5O4. The van der Waals surface area contributed by atoms with Gasteiger partial charge < -0.3 is 25.4 Å². The third-order valence-corrected chi connectivity index (χ3v) is 5.35. The molecule has 0 aliphatic rings. The van der Waals surface area contributed by atoms with Crippen LogP contribution in [-0.2, 0) is 14.3 Å². The van der Waals surface area contributed by atoms with Crippen molar-refractivity contribution >= 4 is 51.4 Å². The summed E-state index contributed by atoms with van der Waals surface area (Å²) in [5.41, 5.74) is 1.40. The van der Waals surface area contributed by atoms with Gasteiger partial charge >= 0.3 is 5.97 Å². The van der Waals surface area contributed by atoms with E-state index in [-0.39, 0.29) is 23.7 Å². The molecule has 0 saturated heterocycles. The van der Waals surface area contributed by atoms with Crippen LogP contribution in [0.3, 0.4) is 0 Å². The molecule has 1 aromatic heterocycles. The van der Waals surface area contributed by atoms with E-state index in [1.807, 2.05) is 6.92 Å². The van der Waals surface area contributed by atoms with Gasteiger partial charge in [0.1, 0.15) is 23.2 Å². The van der Waals surface area contributed by atoms with E-state index in [1.54, 1.807) is 39.0 Å². The third kappa shape index (κ3) is 8.40. The Kier molecular flexibility index (Phi) is 9.82. The molecule has 3 rings (SSSR count). The van der Waals surface area contributed by atoms with Crippen LogP contribution in [0.2, 0.25) is 5.02 Å².